The van der Waals surface area contributed by atoms with Gasteiger partial charge in [0.2, 0.25) is 0 Å². The molecule has 0 aromatic heterocycles. The third kappa shape index (κ3) is 3.09. The highest BCUT2D eigenvalue weighted by Gasteiger charge is 2.09. The minimum absolute atomic E-state index is 0.0198. The van der Waals surface area contributed by atoms with Crippen LogP contribution in [0, 0.1) is 5.82 Å². The molecule has 0 saturated heterocycles. The van der Waals surface area contributed by atoms with Crippen LogP contribution in [0.1, 0.15) is 15.9 Å². The van der Waals surface area contributed by atoms with Crippen LogP contribution in [0.5, 0.6) is 0 Å². The molecule has 0 spiro atoms. The van der Waals surface area contributed by atoms with Gasteiger partial charge < -0.3 is 0 Å². The van der Waals surface area contributed by atoms with Gasteiger partial charge in [0.15, 0.2) is 5.78 Å². The average molecular weight is 283 g/mol. The molecule has 0 unspecified atom stereocenters. The fraction of sp³-hybridized carbons (Fsp3) is 0.0714. The summed E-state index contributed by atoms with van der Waals surface area (Å²) < 4.78 is 13.0. The van der Waals surface area contributed by atoms with E-state index in [1.165, 1.54) is 12.1 Å². The van der Waals surface area contributed by atoms with Crippen LogP contribution in [0.3, 0.4) is 0 Å². The van der Waals surface area contributed by atoms with Gasteiger partial charge in [0.1, 0.15) is 5.82 Å². The summed E-state index contributed by atoms with van der Waals surface area (Å²) in [4.78, 5) is 12.0. The molecule has 18 heavy (non-hydrogen) atoms. The lowest BCUT2D eigenvalue weighted by atomic mass is 10.0. The number of carbonyl (C=O) groups excluding carboxylic acids is 1. The van der Waals surface area contributed by atoms with Crippen molar-refractivity contribution in [1.29, 1.82) is 0 Å². The zero-order valence-electron chi connectivity index (χ0n) is 9.29. The minimum atomic E-state index is -0.490. The maximum absolute atomic E-state index is 13.0. The predicted molar refractivity (Wildman–Crippen MR) is 70.9 cm³/mol. The van der Waals surface area contributed by atoms with Gasteiger partial charge in [-0.1, -0.05) is 41.4 Å². The van der Waals surface area contributed by atoms with Crippen molar-refractivity contribution < 1.29 is 9.18 Å². The Labute approximate surface area is 114 Å². The Bertz CT molecular complexity index is 596. The number of carbonyl (C=O) groups is 1. The van der Waals surface area contributed by atoms with Crippen LogP contribution < -0.4 is 0 Å². The average Bonchev–Trinajstić information content (AvgIpc) is 2.34. The SMILES string of the molecule is O=C(Cc1ccc(F)c(Cl)c1)c1cccc(Cl)c1. The van der Waals surface area contributed by atoms with Crippen LogP contribution in [-0.4, -0.2) is 5.78 Å². The first-order chi connectivity index (χ1) is 8.56. The Morgan fingerprint density at radius 3 is 2.56 bits per heavy atom. The molecule has 2 aromatic rings. The topological polar surface area (TPSA) is 17.1 Å². The molecule has 4 heteroatoms. The fourth-order valence-electron chi connectivity index (χ4n) is 1.60. The van der Waals surface area contributed by atoms with E-state index < -0.39 is 5.82 Å². The molecule has 0 bridgehead atoms. The van der Waals surface area contributed by atoms with Crippen molar-refractivity contribution in [3.8, 4) is 0 Å². The Kier molecular flexibility index (Phi) is 4.00. The molecule has 2 rings (SSSR count). The normalized spacial score (nSPS) is 10.4. The van der Waals surface area contributed by atoms with Crippen LogP contribution in [0.4, 0.5) is 4.39 Å². The van der Waals surface area contributed by atoms with Gasteiger partial charge in [-0.2, -0.15) is 0 Å². The number of rotatable bonds is 3. The second-order valence-electron chi connectivity index (χ2n) is 3.86. The number of hydrogen-bond acceptors (Lipinski definition) is 1. The quantitative estimate of drug-likeness (QED) is 0.755. The molecule has 0 saturated carbocycles. The largest absolute Gasteiger partial charge is 0.294 e. The molecule has 0 atom stereocenters. The monoisotopic (exact) mass is 282 g/mol. The highest BCUT2D eigenvalue weighted by atomic mass is 35.5. The van der Waals surface area contributed by atoms with Gasteiger partial charge in [0.05, 0.1) is 5.02 Å². The third-order valence-corrected chi connectivity index (χ3v) is 3.02. The molecule has 0 aliphatic heterocycles. The first kappa shape index (κ1) is 13.1. The van der Waals surface area contributed by atoms with Gasteiger partial charge in [-0.05, 0) is 29.8 Å². The molecule has 1 nitrogen and oxygen atoms in total. The molecule has 2 aromatic carbocycles. The van der Waals surface area contributed by atoms with E-state index >= 15 is 0 Å². The smallest absolute Gasteiger partial charge is 0.167 e. The maximum atomic E-state index is 13.0. The van der Waals surface area contributed by atoms with Crippen molar-refractivity contribution in [2.75, 3.05) is 0 Å². The summed E-state index contributed by atoms with van der Waals surface area (Å²) >= 11 is 11.5. The van der Waals surface area contributed by atoms with Crippen molar-refractivity contribution in [2.24, 2.45) is 0 Å². The van der Waals surface area contributed by atoms with E-state index in [2.05, 4.69) is 0 Å². The van der Waals surface area contributed by atoms with Crippen molar-refractivity contribution in [1.82, 2.24) is 0 Å². The van der Waals surface area contributed by atoms with E-state index in [0.717, 1.165) is 0 Å². The molecule has 0 aliphatic rings. The minimum Gasteiger partial charge on any atom is -0.294 e. The van der Waals surface area contributed by atoms with Crippen LogP contribution >= 0.6 is 23.2 Å². The number of Topliss-reactive ketones (excluding diaryl/α,β-unsaturated/α-hetero) is 1. The summed E-state index contributed by atoms with van der Waals surface area (Å²) in [5.74, 6) is -0.573. The molecule has 0 N–H and O–H groups in total. The zero-order valence-corrected chi connectivity index (χ0v) is 10.8. The van der Waals surface area contributed by atoms with Crippen molar-refractivity contribution >= 4 is 29.0 Å². The van der Waals surface area contributed by atoms with E-state index in [1.807, 2.05) is 0 Å². The van der Waals surface area contributed by atoms with Gasteiger partial charge in [-0.25, -0.2) is 4.39 Å². The van der Waals surface area contributed by atoms with Gasteiger partial charge in [0.25, 0.3) is 0 Å². The number of benzene rings is 2. The van der Waals surface area contributed by atoms with Gasteiger partial charge >= 0.3 is 0 Å². The first-order valence-electron chi connectivity index (χ1n) is 5.29. The van der Waals surface area contributed by atoms with Crippen molar-refractivity contribution in [3.63, 3.8) is 0 Å². The van der Waals surface area contributed by atoms with E-state index in [0.29, 0.717) is 16.1 Å². The summed E-state index contributed by atoms with van der Waals surface area (Å²) in [6.45, 7) is 0. The van der Waals surface area contributed by atoms with Crippen molar-refractivity contribution in [3.05, 3.63) is 69.5 Å². The molecular formula is C14H9Cl2FO. The molecule has 92 valence electrons. The fourth-order valence-corrected chi connectivity index (χ4v) is 1.99. The Balaban J connectivity index is 2.18. The van der Waals surface area contributed by atoms with Crippen molar-refractivity contribution in [2.45, 2.75) is 6.42 Å². The summed E-state index contributed by atoms with van der Waals surface area (Å²) in [5, 5.41) is 0.532. The molecule has 0 aliphatic carbocycles. The number of hydrogen-bond donors (Lipinski definition) is 0. The van der Waals surface area contributed by atoms with Crippen LogP contribution in [-0.2, 0) is 6.42 Å². The van der Waals surface area contributed by atoms with E-state index in [9.17, 15) is 9.18 Å². The summed E-state index contributed by atoms with van der Waals surface area (Å²) in [7, 11) is 0. The zero-order chi connectivity index (χ0) is 13.1. The highest BCUT2D eigenvalue weighted by Crippen LogP contribution is 2.18. The van der Waals surface area contributed by atoms with Crippen LogP contribution in [0.2, 0.25) is 10.0 Å². The third-order valence-electron chi connectivity index (χ3n) is 2.50. The van der Waals surface area contributed by atoms with E-state index in [4.69, 9.17) is 23.2 Å². The summed E-state index contributed by atoms with van der Waals surface area (Å²) in [6, 6.07) is 11.0. The van der Waals surface area contributed by atoms with Crippen LogP contribution in [0.25, 0.3) is 0 Å². The Hall–Kier alpha value is -1.38. The molecule has 0 fully saturated rings. The van der Waals surface area contributed by atoms with Crippen LogP contribution in [0.15, 0.2) is 42.5 Å². The lowest BCUT2D eigenvalue weighted by Crippen LogP contribution is -2.03. The standard InChI is InChI=1S/C14H9Cl2FO/c15-11-3-1-2-10(8-11)14(18)7-9-4-5-13(17)12(16)6-9/h1-6,8H,7H2. The predicted octanol–water partition coefficient (Wildman–Crippen LogP) is 4.56. The molecule has 0 amide bonds. The Morgan fingerprint density at radius 1 is 1.11 bits per heavy atom. The molecule has 0 heterocycles. The Morgan fingerprint density at radius 2 is 1.89 bits per heavy atom. The maximum Gasteiger partial charge on any atom is 0.167 e. The van der Waals surface area contributed by atoms with E-state index in [1.54, 1.807) is 30.3 Å². The second kappa shape index (κ2) is 5.51. The highest BCUT2D eigenvalue weighted by molar-refractivity contribution is 6.31. The molecule has 0 radical (unpaired) electrons. The van der Waals surface area contributed by atoms with Gasteiger partial charge in [0, 0.05) is 17.0 Å². The summed E-state index contributed by atoms with van der Waals surface area (Å²) in [6.07, 6.45) is 0.167. The number of ketones is 1. The second-order valence-corrected chi connectivity index (χ2v) is 4.70. The summed E-state index contributed by atoms with van der Waals surface area (Å²) in [5.41, 5.74) is 1.20. The number of halogens is 3. The lowest BCUT2D eigenvalue weighted by molar-refractivity contribution is 0.0993. The van der Waals surface area contributed by atoms with Gasteiger partial charge in [-0.15, -0.1) is 0 Å². The van der Waals surface area contributed by atoms with E-state index in [-0.39, 0.29) is 17.2 Å². The lowest BCUT2D eigenvalue weighted by Gasteiger charge is -2.03. The van der Waals surface area contributed by atoms with Gasteiger partial charge in [-0.3, -0.25) is 4.79 Å². The first-order valence-corrected chi connectivity index (χ1v) is 6.04. The molecular weight excluding hydrogens is 274 g/mol.